The number of urea groups is 1. The molecule has 0 aromatic heterocycles. The van der Waals surface area contributed by atoms with Crippen LogP contribution in [0.4, 0.5) is 4.79 Å². The highest BCUT2D eigenvalue weighted by molar-refractivity contribution is 5.95. The number of rotatable bonds is 8. The zero-order chi connectivity index (χ0) is 18.2. The smallest absolute Gasteiger partial charge is 0.321 e. The Balaban J connectivity index is 1.38. The summed E-state index contributed by atoms with van der Waals surface area (Å²) in [6.45, 7) is 1.59. The van der Waals surface area contributed by atoms with Crippen molar-refractivity contribution in [2.45, 2.75) is 57.5 Å². The molecule has 1 aromatic rings. The van der Waals surface area contributed by atoms with Gasteiger partial charge in [0.2, 0.25) is 5.91 Å². The Hall–Kier alpha value is -2.14. The van der Waals surface area contributed by atoms with Crippen LogP contribution in [0.3, 0.4) is 0 Å². The molecule has 3 amide bonds. The second-order valence-corrected chi connectivity index (χ2v) is 7.28. The van der Waals surface area contributed by atoms with Crippen molar-refractivity contribution in [1.82, 2.24) is 15.5 Å². The Bertz CT molecular complexity index is 638. The SMILES string of the molecule is O=C(CN(Cc1ccccc1)C1CC1)NC(=O)NCCC1=CCCCC1. The minimum absolute atomic E-state index is 0.234. The van der Waals surface area contributed by atoms with Gasteiger partial charge < -0.3 is 5.32 Å². The van der Waals surface area contributed by atoms with E-state index in [4.69, 9.17) is 0 Å². The van der Waals surface area contributed by atoms with Crippen molar-refractivity contribution < 1.29 is 9.59 Å². The van der Waals surface area contributed by atoms with Gasteiger partial charge in [-0.3, -0.25) is 15.0 Å². The maximum Gasteiger partial charge on any atom is 0.321 e. The van der Waals surface area contributed by atoms with Crippen molar-refractivity contribution in [2.75, 3.05) is 13.1 Å². The Morgan fingerprint density at radius 2 is 1.92 bits per heavy atom. The van der Waals surface area contributed by atoms with Gasteiger partial charge in [-0.05, 0) is 50.5 Å². The number of hydrogen-bond donors (Lipinski definition) is 2. The van der Waals surface area contributed by atoms with Crippen LogP contribution in [-0.4, -0.2) is 36.0 Å². The number of amides is 3. The van der Waals surface area contributed by atoms with Crippen LogP contribution in [0.2, 0.25) is 0 Å². The fraction of sp³-hybridized carbons (Fsp3) is 0.524. The molecule has 3 rings (SSSR count). The molecule has 1 aromatic carbocycles. The number of carbonyl (C=O) groups is 2. The molecule has 1 fully saturated rings. The number of nitrogens with zero attached hydrogens (tertiary/aromatic N) is 1. The van der Waals surface area contributed by atoms with E-state index in [1.165, 1.54) is 24.0 Å². The molecule has 26 heavy (non-hydrogen) atoms. The second kappa shape index (κ2) is 9.53. The van der Waals surface area contributed by atoms with E-state index in [1.54, 1.807) is 0 Å². The van der Waals surface area contributed by atoms with E-state index in [0.29, 0.717) is 12.6 Å². The molecule has 0 bridgehead atoms. The zero-order valence-electron chi connectivity index (χ0n) is 15.4. The number of carbonyl (C=O) groups excluding carboxylic acids is 2. The first-order chi connectivity index (χ1) is 12.7. The molecule has 1 saturated carbocycles. The summed E-state index contributed by atoms with van der Waals surface area (Å²) in [6, 6.07) is 10.2. The van der Waals surface area contributed by atoms with E-state index in [-0.39, 0.29) is 18.5 Å². The monoisotopic (exact) mass is 355 g/mol. The summed E-state index contributed by atoms with van der Waals surface area (Å²) in [5.74, 6) is -0.234. The van der Waals surface area contributed by atoms with E-state index in [9.17, 15) is 9.59 Å². The molecular weight excluding hydrogens is 326 g/mol. The quantitative estimate of drug-likeness (QED) is 0.703. The Labute approximate surface area is 155 Å². The molecule has 0 radical (unpaired) electrons. The number of imide groups is 1. The van der Waals surface area contributed by atoms with E-state index >= 15 is 0 Å². The normalized spacial score (nSPS) is 16.9. The van der Waals surface area contributed by atoms with Gasteiger partial charge in [0.05, 0.1) is 6.54 Å². The lowest BCUT2D eigenvalue weighted by atomic mass is 9.97. The molecule has 0 saturated heterocycles. The molecule has 0 aliphatic heterocycles. The third-order valence-electron chi connectivity index (χ3n) is 5.01. The molecule has 2 aliphatic carbocycles. The summed E-state index contributed by atoms with van der Waals surface area (Å²) in [5.41, 5.74) is 2.61. The van der Waals surface area contributed by atoms with Crippen LogP contribution >= 0.6 is 0 Å². The van der Waals surface area contributed by atoms with Gasteiger partial charge in [0.25, 0.3) is 0 Å². The van der Waals surface area contributed by atoms with Gasteiger partial charge in [0, 0.05) is 19.1 Å². The average molecular weight is 355 g/mol. The van der Waals surface area contributed by atoms with E-state index in [2.05, 4.69) is 33.7 Å². The first kappa shape index (κ1) is 18.6. The van der Waals surface area contributed by atoms with E-state index < -0.39 is 0 Å². The van der Waals surface area contributed by atoms with Gasteiger partial charge in [-0.2, -0.15) is 0 Å². The molecule has 5 nitrogen and oxygen atoms in total. The molecular formula is C21H29N3O2. The summed E-state index contributed by atoms with van der Waals surface area (Å²) in [5, 5.41) is 5.26. The third kappa shape index (κ3) is 6.30. The van der Waals surface area contributed by atoms with Crippen molar-refractivity contribution in [3.05, 3.63) is 47.5 Å². The largest absolute Gasteiger partial charge is 0.337 e. The van der Waals surface area contributed by atoms with E-state index in [0.717, 1.165) is 38.6 Å². The van der Waals surface area contributed by atoms with Gasteiger partial charge >= 0.3 is 6.03 Å². The molecule has 2 aliphatic rings. The lowest BCUT2D eigenvalue weighted by molar-refractivity contribution is -0.121. The number of hydrogen-bond acceptors (Lipinski definition) is 3. The number of nitrogens with one attached hydrogen (secondary N) is 2. The zero-order valence-corrected chi connectivity index (χ0v) is 15.4. The van der Waals surface area contributed by atoms with Gasteiger partial charge in [0.15, 0.2) is 0 Å². The summed E-state index contributed by atoms with van der Waals surface area (Å²) in [6.07, 6.45) is 10.2. The molecule has 2 N–H and O–H groups in total. The Morgan fingerprint density at radius 1 is 1.12 bits per heavy atom. The molecule has 0 heterocycles. The van der Waals surface area contributed by atoms with Crippen LogP contribution in [0.25, 0.3) is 0 Å². The van der Waals surface area contributed by atoms with Crippen molar-refractivity contribution in [1.29, 1.82) is 0 Å². The van der Waals surface area contributed by atoms with Crippen LogP contribution in [0, 0.1) is 0 Å². The highest BCUT2D eigenvalue weighted by atomic mass is 16.2. The molecule has 5 heteroatoms. The summed E-state index contributed by atoms with van der Waals surface area (Å²) in [7, 11) is 0. The highest BCUT2D eigenvalue weighted by Crippen LogP contribution is 2.28. The Kier molecular flexibility index (Phi) is 6.83. The summed E-state index contributed by atoms with van der Waals surface area (Å²) >= 11 is 0. The van der Waals surface area contributed by atoms with Crippen LogP contribution in [0.15, 0.2) is 42.0 Å². The van der Waals surface area contributed by atoms with E-state index in [1.807, 2.05) is 18.2 Å². The maximum absolute atomic E-state index is 12.2. The standard InChI is InChI=1S/C21H29N3O2/c25-20(23-21(26)22-14-13-17-7-3-1-4-8-17)16-24(19-11-12-19)15-18-9-5-2-6-10-18/h2,5-7,9-10,19H,1,3-4,8,11-16H2,(H2,22,23,25,26). The van der Waals surface area contributed by atoms with Crippen molar-refractivity contribution in [3.63, 3.8) is 0 Å². The lowest BCUT2D eigenvalue weighted by Gasteiger charge is -2.21. The fourth-order valence-electron chi connectivity index (χ4n) is 3.43. The first-order valence-electron chi connectivity index (χ1n) is 9.74. The van der Waals surface area contributed by atoms with Crippen molar-refractivity contribution in [3.8, 4) is 0 Å². The lowest BCUT2D eigenvalue weighted by Crippen LogP contribution is -2.45. The molecule has 0 unspecified atom stereocenters. The van der Waals surface area contributed by atoms with Crippen LogP contribution < -0.4 is 10.6 Å². The maximum atomic E-state index is 12.2. The molecule has 140 valence electrons. The summed E-state index contributed by atoms with van der Waals surface area (Å²) < 4.78 is 0. The Morgan fingerprint density at radius 3 is 2.62 bits per heavy atom. The van der Waals surface area contributed by atoms with Gasteiger partial charge in [0.1, 0.15) is 0 Å². The minimum Gasteiger partial charge on any atom is -0.337 e. The minimum atomic E-state index is -0.387. The second-order valence-electron chi connectivity index (χ2n) is 7.28. The summed E-state index contributed by atoms with van der Waals surface area (Å²) in [4.78, 5) is 26.3. The average Bonchev–Trinajstić information content (AvgIpc) is 3.48. The van der Waals surface area contributed by atoms with Crippen LogP contribution in [0.5, 0.6) is 0 Å². The van der Waals surface area contributed by atoms with Crippen LogP contribution in [0.1, 0.15) is 50.5 Å². The topological polar surface area (TPSA) is 61.4 Å². The first-order valence-corrected chi connectivity index (χ1v) is 9.74. The number of allylic oxidation sites excluding steroid dienone is 1. The molecule has 0 spiro atoms. The predicted octanol–water partition coefficient (Wildman–Crippen LogP) is 3.37. The predicted molar refractivity (Wildman–Crippen MR) is 103 cm³/mol. The fourth-order valence-corrected chi connectivity index (χ4v) is 3.43. The van der Waals surface area contributed by atoms with Gasteiger partial charge in [-0.25, -0.2) is 4.79 Å². The number of benzene rings is 1. The third-order valence-corrected chi connectivity index (χ3v) is 5.01. The highest BCUT2D eigenvalue weighted by Gasteiger charge is 2.30. The van der Waals surface area contributed by atoms with Gasteiger partial charge in [-0.15, -0.1) is 0 Å². The van der Waals surface area contributed by atoms with Crippen molar-refractivity contribution >= 4 is 11.9 Å². The van der Waals surface area contributed by atoms with Gasteiger partial charge in [-0.1, -0.05) is 42.0 Å². The van der Waals surface area contributed by atoms with Crippen LogP contribution in [-0.2, 0) is 11.3 Å². The van der Waals surface area contributed by atoms with Crippen molar-refractivity contribution in [2.24, 2.45) is 0 Å². The molecule has 0 atom stereocenters.